The standard InChI is InChI=1S/C12H8Br2N2O4S/c13-8-1-6-12(11(14)7-8)15-21(19,20)10-4-2-9(3-5-10)16(17)18/h1-7,15H. The van der Waals surface area contributed by atoms with Gasteiger partial charge in [-0.1, -0.05) is 15.9 Å². The zero-order chi connectivity index (χ0) is 15.6. The number of rotatable bonds is 4. The summed E-state index contributed by atoms with van der Waals surface area (Å²) in [5.41, 5.74) is 0.204. The number of anilines is 1. The van der Waals surface area contributed by atoms with Crippen molar-refractivity contribution in [2.24, 2.45) is 0 Å². The Kier molecular flexibility index (Phi) is 4.64. The Morgan fingerprint density at radius 3 is 2.19 bits per heavy atom. The smallest absolute Gasteiger partial charge is 0.269 e. The molecular weight excluding hydrogens is 428 g/mol. The van der Waals surface area contributed by atoms with E-state index in [9.17, 15) is 18.5 Å². The van der Waals surface area contributed by atoms with Gasteiger partial charge in [-0.3, -0.25) is 14.8 Å². The van der Waals surface area contributed by atoms with Crippen molar-refractivity contribution in [3.8, 4) is 0 Å². The summed E-state index contributed by atoms with van der Waals surface area (Å²) in [5, 5.41) is 10.6. The lowest BCUT2D eigenvalue weighted by atomic mass is 10.3. The summed E-state index contributed by atoms with van der Waals surface area (Å²) in [6.45, 7) is 0. The van der Waals surface area contributed by atoms with Crippen LogP contribution in [0.4, 0.5) is 11.4 Å². The minimum absolute atomic E-state index is 0.0529. The molecule has 9 heteroatoms. The first-order valence-corrected chi connectivity index (χ1v) is 8.59. The number of benzene rings is 2. The predicted octanol–water partition coefficient (Wildman–Crippen LogP) is 3.92. The Bertz CT molecular complexity index is 791. The van der Waals surface area contributed by atoms with Crippen molar-refractivity contribution in [1.29, 1.82) is 0 Å². The number of sulfonamides is 1. The molecule has 2 rings (SSSR count). The Labute approximate surface area is 137 Å². The Balaban J connectivity index is 2.31. The molecule has 0 amide bonds. The number of nitrogens with one attached hydrogen (secondary N) is 1. The van der Waals surface area contributed by atoms with Gasteiger partial charge in [-0.15, -0.1) is 0 Å². The van der Waals surface area contributed by atoms with E-state index in [2.05, 4.69) is 36.6 Å². The van der Waals surface area contributed by atoms with Crippen molar-refractivity contribution in [3.05, 3.63) is 61.5 Å². The highest BCUT2D eigenvalue weighted by Crippen LogP contribution is 2.28. The number of hydrogen-bond donors (Lipinski definition) is 1. The number of nitrogens with zero attached hydrogens (tertiary/aromatic N) is 1. The third-order valence-electron chi connectivity index (χ3n) is 2.53. The molecule has 0 unspecified atom stereocenters. The minimum atomic E-state index is -3.81. The van der Waals surface area contributed by atoms with E-state index in [1.165, 1.54) is 12.1 Å². The molecule has 0 aliphatic rings. The lowest BCUT2D eigenvalue weighted by molar-refractivity contribution is -0.384. The Hall–Kier alpha value is -1.45. The van der Waals surface area contributed by atoms with E-state index >= 15 is 0 Å². The number of nitro groups is 1. The fourth-order valence-electron chi connectivity index (χ4n) is 1.52. The summed E-state index contributed by atoms with van der Waals surface area (Å²) in [6, 6.07) is 9.65. The summed E-state index contributed by atoms with van der Waals surface area (Å²) in [4.78, 5) is 9.92. The molecule has 0 heterocycles. The average molecular weight is 436 g/mol. The average Bonchev–Trinajstić information content (AvgIpc) is 2.42. The first kappa shape index (κ1) is 15.9. The van der Waals surface area contributed by atoms with E-state index in [4.69, 9.17) is 0 Å². The van der Waals surface area contributed by atoms with Crippen LogP contribution in [0.3, 0.4) is 0 Å². The van der Waals surface area contributed by atoms with Gasteiger partial charge in [0.15, 0.2) is 0 Å². The molecule has 0 atom stereocenters. The molecule has 0 saturated carbocycles. The molecule has 0 bridgehead atoms. The molecule has 0 aromatic heterocycles. The summed E-state index contributed by atoms with van der Waals surface area (Å²) in [6.07, 6.45) is 0. The second-order valence-corrected chi connectivity index (χ2v) is 7.43. The molecule has 21 heavy (non-hydrogen) atoms. The van der Waals surface area contributed by atoms with Crippen LogP contribution in [0.25, 0.3) is 0 Å². The fourth-order valence-corrected chi connectivity index (χ4v) is 3.88. The van der Waals surface area contributed by atoms with E-state index in [-0.39, 0.29) is 10.6 Å². The van der Waals surface area contributed by atoms with Crippen LogP contribution in [0.1, 0.15) is 0 Å². The highest BCUT2D eigenvalue weighted by molar-refractivity contribution is 9.11. The van der Waals surface area contributed by atoms with Gasteiger partial charge in [0.05, 0.1) is 15.5 Å². The van der Waals surface area contributed by atoms with Crippen molar-refractivity contribution < 1.29 is 13.3 Å². The summed E-state index contributed by atoms with van der Waals surface area (Å²) in [5.74, 6) is 0. The van der Waals surface area contributed by atoms with Crippen molar-refractivity contribution in [2.75, 3.05) is 4.72 Å². The van der Waals surface area contributed by atoms with Crippen molar-refractivity contribution in [1.82, 2.24) is 0 Å². The molecule has 0 fully saturated rings. The third-order valence-corrected chi connectivity index (χ3v) is 5.06. The van der Waals surface area contributed by atoms with Gasteiger partial charge in [0.25, 0.3) is 15.7 Å². The van der Waals surface area contributed by atoms with Gasteiger partial charge in [-0.05, 0) is 46.3 Å². The highest BCUT2D eigenvalue weighted by Gasteiger charge is 2.17. The zero-order valence-corrected chi connectivity index (χ0v) is 14.3. The number of nitro benzene ring substituents is 1. The third kappa shape index (κ3) is 3.80. The van der Waals surface area contributed by atoms with Gasteiger partial charge < -0.3 is 0 Å². The van der Waals surface area contributed by atoms with Crippen LogP contribution < -0.4 is 4.72 Å². The van der Waals surface area contributed by atoms with Gasteiger partial charge in [0.2, 0.25) is 0 Å². The molecule has 2 aromatic rings. The number of halogens is 2. The van der Waals surface area contributed by atoms with Gasteiger partial charge >= 0.3 is 0 Å². The van der Waals surface area contributed by atoms with Gasteiger partial charge in [-0.2, -0.15) is 0 Å². The van der Waals surface area contributed by atoms with Crippen LogP contribution in [0.5, 0.6) is 0 Å². The van der Waals surface area contributed by atoms with Gasteiger partial charge in [0.1, 0.15) is 0 Å². The quantitative estimate of drug-likeness (QED) is 0.582. The minimum Gasteiger partial charge on any atom is -0.278 e. The highest BCUT2D eigenvalue weighted by atomic mass is 79.9. The second-order valence-electron chi connectivity index (χ2n) is 3.98. The normalized spacial score (nSPS) is 11.1. The summed E-state index contributed by atoms with van der Waals surface area (Å²) in [7, 11) is -3.81. The monoisotopic (exact) mass is 434 g/mol. The maximum absolute atomic E-state index is 12.2. The Morgan fingerprint density at radius 2 is 1.67 bits per heavy atom. The van der Waals surface area contributed by atoms with E-state index in [0.717, 1.165) is 16.6 Å². The van der Waals surface area contributed by atoms with E-state index in [0.29, 0.717) is 10.2 Å². The maximum Gasteiger partial charge on any atom is 0.269 e. The molecule has 1 N–H and O–H groups in total. The number of non-ortho nitro benzene ring substituents is 1. The first-order chi connectivity index (χ1) is 9.79. The van der Waals surface area contributed by atoms with Crippen LogP contribution >= 0.6 is 31.9 Å². The fraction of sp³-hybridized carbons (Fsp3) is 0. The molecular formula is C12H8Br2N2O4S. The van der Waals surface area contributed by atoms with E-state index in [1.807, 2.05) is 0 Å². The van der Waals surface area contributed by atoms with Gasteiger partial charge in [0, 0.05) is 21.1 Å². The molecule has 2 aromatic carbocycles. The van der Waals surface area contributed by atoms with Crippen molar-refractivity contribution in [3.63, 3.8) is 0 Å². The van der Waals surface area contributed by atoms with Gasteiger partial charge in [-0.25, -0.2) is 8.42 Å². The van der Waals surface area contributed by atoms with Crippen LogP contribution in [0, 0.1) is 10.1 Å². The predicted molar refractivity (Wildman–Crippen MR) is 85.7 cm³/mol. The van der Waals surface area contributed by atoms with E-state index < -0.39 is 14.9 Å². The topological polar surface area (TPSA) is 89.3 Å². The molecule has 110 valence electrons. The first-order valence-electron chi connectivity index (χ1n) is 5.52. The lowest BCUT2D eigenvalue weighted by Gasteiger charge is -2.10. The van der Waals surface area contributed by atoms with Crippen LogP contribution in [0.2, 0.25) is 0 Å². The molecule has 0 aliphatic carbocycles. The maximum atomic E-state index is 12.2. The van der Waals surface area contributed by atoms with Crippen LogP contribution in [-0.4, -0.2) is 13.3 Å². The summed E-state index contributed by atoms with van der Waals surface area (Å²) >= 11 is 6.53. The molecule has 0 radical (unpaired) electrons. The van der Waals surface area contributed by atoms with Crippen LogP contribution in [0.15, 0.2) is 56.3 Å². The lowest BCUT2D eigenvalue weighted by Crippen LogP contribution is -2.13. The molecule has 0 saturated heterocycles. The summed E-state index contributed by atoms with van der Waals surface area (Å²) < 4.78 is 28.2. The van der Waals surface area contributed by atoms with Crippen molar-refractivity contribution in [2.45, 2.75) is 4.90 Å². The molecule has 6 nitrogen and oxygen atoms in total. The molecule has 0 aliphatic heterocycles. The second kappa shape index (κ2) is 6.12. The number of hydrogen-bond acceptors (Lipinski definition) is 4. The Morgan fingerprint density at radius 1 is 1.05 bits per heavy atom. The molecule has 0 spiro atoms. The SMILES string of the molecule is O=[N+]([O-])c1ccc(S(=O)(=O)Nc2ccc(Br)cc2Br)cc1. The largest absolute Gasteiger partial charge is 0.278 e. The van der Waals surface area contributed by atoms with Crippen LogP contribution in [-0.2, 0) is 10.0 Å². The van der Waals surface area contributed by atoms with Crippen molar-refractivity contribution >= 4 is 53.3 Å². The zero-order valence-electron chi connectivity index (χ0n) is 10.3. The van der Waals surface area contributed by atoms with E-state index in [1.54, 1.807) is 18.2 Å².